The van der Waals surface area contributed by atoms with Crippen molar-refractivity contribution in [3.8, 4) is 0 Å². The van der Waals surface area contributed by atoms with Crippen LogP contribution in [-0.4, -0.2) is 55.9 Å². The fraction of sp³-hybridized carbons (Fsp3) is 0.632. The van der Waals surface area contributed by atoms with E-state index in [-0.39, 0.29) is 12.0 Å². The van der Waals surface area contributed by atoms with E-state index in [4.69, 9.17) is 4.74 Å². The fourth-order valence-electron chi connectivity index (χ4n) is 4.11. The van der Waals surface area contributed by atoms with Crippen molar-refractivity contribution in [1.29, 1.82) is 0 Å². The summed E-state index contributed by atoms with van der Waals surface area (Å²) in [5, 5.41) is 0. The third-order valence-electron chi connectivity index (χ3n) is 5.66. The maximum absolute atomic E-state index is 12.9. The monoisotopic (exact) mass is 378 g/mol. The molecular formula is C19H26N2O4S. The molecule has 7 heteroatoms. The molecule has 0 aliphatic carbocycles. The van der Waals surface area contributed by atoms with Crippen LogP contribution in [0, 0.1) is 0 Å². The molecule has 0 radical (unpaired) electrons. The molecule has 0 N–H and O–H groups in total. The van der Waals surface area contributed by atoms with Crippen LogP contribution in [0.2, 0.25) is 0 Å². The summed E-state index contributed by atoms with van der Waals surface area (Å²) < 4.78 is 33.0. The van der Waals surface area contributed by atoms with Crippen LogP contribution in [0.4, 0.5) is 0 Å². The maximum Gasteiger partial charge on any atom is 0.252 e. The zero-order chi connectivity index (χ0) is 18.1. The van der Waals surface area contributed by atoms with E-state index in [1.807, 2.05) is 11.0 Å². The highest BCUT2D eigenvalue weighted by Gasteiger charge is 2.31. The number of rotatable bonds is 3. The second kappa shape index (κ2) is 7.29. The average molecular weight is 378 g/mol. The van der Waals surface area contributed by atoms with Gasteiger partial charge in [0.15, 0.2) is 0 Å². The van der Waals surface area contributed by atoms with Crippen LogP contribution in [0.5, 0.6) is 0 Å². The lowest BCUT2D eigenvalue weighted by molar-refractivity contribution is -0.141. The summed E-state index contributed by atoms with van der Waals surface area (Å²) in [5.41, 5.74) is 2.08. The van der Waals surface area contributed by atoms with Gasteiger partial charge >= 0.3 is 0 Å². The van der Waals surface area contributed by atoms with Gasteiger partial charge in [-0.2, -0.15) is 4.31 Å². The molecule has 3 heterocycles. The number of hydrogen-bond donors (Lipinski definition) is 0. The van der Waals surface area contributed by atoms with Gasteiger partial charge in [-0.05, 0) is 55.4 Å². The number of nitrogens with zero attached hydrogens (tertiary/aromatic N) is 2. The van der Waals surface area contributed by atoms with Crippen molar-refractivity contribution in [1.82, 2.24) is 9.21 Å². The van der Waals surface area contributed by atoms with Crippen molar-refractivity contribution >= 4 is 15.9 Å². The van der Waals surface area contributed by atoms with Crippen molar-refractivity contribution in [3.63, 3.8) is 0 Å². The molecule has 1 aromatic carbocycles. The highest BCUT2D eigenvalue weighted by atomic mass is 32.2. The third-order valence-corrected chi connectivity index (χ3v) is 7.55. The number of carbonyl (C=O) groups excluding carboxylic acids is 1. The smallest absolute Gasteiger partial charge is 0.252 e. The standard InChI is InChI=1S/C19H26N2O4S/c22-19(18-5-4-12-25-18)20-11-8-15-6-7-17(13-16(15)14-20)26(23,24)21-9-2-1-3-10-21/h6-7,13,18H,1-5,8-12,14H2. The van der Waals surface area contributed by atoms with Crippen LogP contribution in [-0.2, 0) is 32.5 Å². The van der Waals surface area contributed by atoms with Crippen molar-refractivity contribution in [2.75, 3.05) is 26.2 Å². The second-order valence-corrected chi connectivity index (χ2v) is 9.34. The fourth-order valence-corrected chi connectivity index (χ4v) is 5.68. The summed E-state index contributed by atoms with van der Waals surface area (Å²) in [7, 11) is -3.44. The van der Waals surface area contributed by atoms with Crippen LogP contribution in [0.25, 0.3) is 0 Å². The molecule has 142 valence electrons. The summed E-state index contributed by atoms with van der Waals surface area (Å²) in [4.78, 5) is 14.8. The van der Waals surface area contributed by atoms with Gasteiger partial charge in [0.2, 0.25) is 10.0 Å². The maximum atomic E-state index is 12.9. The first-order chi connectivity index (χ1) is 12.6. The molecule has 2 saturated heterocycles. The predicted molar refractivity (Wildman–Crippen MR) is 97.1 cm³/mol. The highest BCUT2D eigenvalue weighted by Crippen LogP contribution is 2.27. The number of amides is 1. The second-order valence-electron chi connectivity index (χ2n) is 7.41. The number of piperidine rings is 1. The lowest BCUT2D eigenvalue weighted by atomic mass is 9.99. The first kappa shape index (κ1) is 17.9. The van der Waals surface area contributed by atoms with Gasteiger partial charge < -0.3 is 9.64 Å². The number of carbonyl (C=O) groups is 1. The Hall–Kier alpha value is -1.44. The molecule has 0 spiro atoms. The Morgan fingerprint density at radius 1 is 1.04 bits per heavy atom. The molecule has 3 aliphatic rings. The van der Waals surface area contributed by atoms with Gasteiger partial charge in [-0.25, -0.2) is 8.42 Å². The lowest BCUT2D eigenvalue weighted by Crippen LogP contribution is -2.42. The Morgan fingerprint density at radius 2 is 1.85 bits per heavy atom. The molecule has 0 aromatic heterocycles. The molecule has 3 aliphatic heterocycles. The topological polar surface area (TPSA) is 66.9 Å². The van der Waals surface area contributed by atoms with Crippen LogP contribution in [0.15, 0.2) is 23.1 Å². The van der Waals surface area contributed by atoms with E-state index in [1.54, 1.807) is 16.4 Å². The SMILES string of the molecule is O=C(C1CCCO1)N1CCc2ccc(S(=O)(=O)N3CCCCC3)cc2C1. The molecule has 1 atom stereocenters. The zero-order valence-electron chi connectivity index (χ0n) is 15.0. The average Bonchev–Trinajstić information content (AvgIpc) is 3.22. The Kier molecular flexibility index (Phi) is 5.03. The number of sulfonamides is 1. The van der Waals surface area contributed by atoms with Crippen molar-refractivity contribution in [2.45, 2.75) is 56.1 Å². The van der Waals surface area contributed by atoms with E-state index in [9.17, 15) is 13.2 Å². The summed E-state index contributed by atoms with van der Waals surface area (Å²) in [6, 6.07) is 5.41. The van der Waals surface area contributed by atoms with E-state index in [0.717, 1.165) is 49.7 Å². The minimum Gasteiger partial charge on any atom is -0.368 e. The molecular weight excluding hydrogens is 352 g/mol. The third kappa shape index (κ3) is 3.40. The van der Waals surface area contributed by atoms with E-state index in [0.29, 0.717) is 37.7 Å². The normalized spacial score (nSPS) is 24.5. The molecule has 26 heavy (non-hydrogen) atoms. The Balaban J connectivity index is 1.54. The largest absolute Gasteiger partial charge is 0.368 e. The van der Waals surface area contributed by atoms with E-state index < -0.39 is 10.0 Å². The quantitative estimate of drug-likeness (QED) is 0.806. The van der Waals surface area contributed by atoms with Gasteiger partial charge in [0.25, 0.3) is 5.91 Å². The van der Waals surface area contributed by atoms with Crippen LogP contribution in [0.3, 0.4) is 0 Å². The summed E-state index contributed by atoms with van der Waals surface area (Å²) in [5.74, 6) is 0.0393. The Bertz CT molecular complexity index is 781. The summed E-state index contributed by atoms with van der Waals surface area (Å²) >= 11 is 0. The van der Waals surface area contributed by atoms with E-state index >= 15 is 0 Å². The molecule has 1 aromatic rings. The first-order valence-electron chi connectivity index (χ1n) is 9.58. The van der Waals surface area contributed by atoms with Crippen LogP contribution >= 0.6 is 0 Å². The Morgan fingerprint density at radius 3 is 2.58 bits per heavy atom. The minimum absolute atomic E-state index is 0.0393. The number of hydrogen-bond acceptors (Lipinski definition) is 4. The van der Waals surface area contributed by atoms with Gasteiger partial charge in [-0.3, -0.25) is 4.79 Å². The van der Waals surface area contributed by atoms with Gasteiger partial charge in [0.05, 0.1) is 4.90 Å². The number of ether oxygens (including phenoxy) is 1. The van der Waals surface area contributed by atoms with Gasteiger partial charge in [-0.1, -0.05) is 12.5 Å². The highest BCUT2D eigenvalue weighted by molar-refractivity contribution is 7.89. The van der Waals surface area contributed by atoms with Gasteiger partial charge in [-0.15, -0.1) is 0 Å². The summed E-state index contributed by atoms with van der Waals surface area (Å²) in [6.45, 7) is 2.99. The molecule has 0 saturated carbocycles. The molecule has 4 rings (SSSR count). The summed E-state index contributed by atoms with van der Waals surface area (Å²) in [6.07, 6.45) is 5.09. The molecule has 2 fully saturated rings. The first-order valence-corrected chi connectivity index (χ1v) is 11.0. The molecule has 6 nitrogen and oxygen atoms in total. The predicted octanol–water partition coefficient (Wildman–Crippen LogP) is 1.92. The zero-order valence-corrected chi connectivity index (χ0v) is 15.8. The molecule has 0 bridgehead atoms. The van der Waals surface area contributed by atoms with Crippen LogP contribution < -0.4 is 0 Å². The van der Waals surface area contributed by atoms with Crippen molar-refractivity contribution < 1.29 is 17.9 Å². The number of fused-ring (bicyclic) bond motifs is 1. The van der Waals surface area contributed by atoms with Crippen molar-refractivity contribution in [2.24, 2.45) is 0 Å². The minimum atomic E-state index is -3.44. The molecule has 1 amide bonds. The van der Waals surface area contributed by atoms with Gasteiger partial charge in [0, 0.05) is 32.8 Å². The van der Waals surface area contributed by atoms with E-state index in [2.05, 4.69) is 0 Å². The lowest BCUT2D eigenvalue weighted by Gasteiger charge is -2.31. The van der Waals surface area contributed by atoms with Gasteiger partial charge in [0.1, 0.15) is 6.10 Å². The van der Waals surface area contributed by atoms with Crippen LogP contribution in [0.1, 0.15) is 43.2 Å². The Labute approximate surface area is 155 Å². The molecule has 1 unspecified atom stereocenters. The van der Waals surface area contributed by atoms with E-state index in [1.165, 1.54) is 0 Å². The van der Waals surface area contributed by atoms with Crippen molar-refractivity contribution in [3.05, 3.63) is 29.3 Å². The number of benzene rings is 1.